The van der Waals surface area contributed by atoms with Gasteiger partial charge in [-0.15, -0.1) is 0 Å². The molecule has 4 nitrogen and oxygen atoms in total. The minimum atomic E-state index is 0.0724. The highest BCUT2D eigenvalue weighted by atomic mass is 16.5. The normalized spacial score (nSPS) is 13.0. The fourth-order valence-corrected chi connectivity index (χ4v) is 2.86. The van der Waals surface area contributed by atoms with Crippen molar-refractivity contribution in [2.24, 2.45) is 0 Å². The van der Waals surface area contributed by atoms with Gasteiger partial charge in [-0.1, -0.05) is 36.4 Å². The van der Waals surface area contributed by atoms with Crippen LogP contribution in [0.4, 0.5) is 0 Å². The molecule has 0 amide bonds. The first-order chi connectivity index (χ1) is 11.3. The van der Waals surface area contributed by atoms with Crippen LogP contribution in [0, 0.1) is 0 Å². The predicted molar refractivity (Wildman–Crippen MR) is 85.9 cm³/mol. The average Bonchev–Trinajstić information content (AvgIpc) is 2.79. The molecular formula is C19H16NO3+. The van der Waals surface area contributed by atoms with Crippen LogP contribution in [-0.4, -0.2) is 19.0 Å². The highest BCUT2D eigenvalue weighted by Gasteiger charge is 2.20. The molecule has 1 aromatic heterocycles. The highest BCUT2D eigenvalue weighted by Crippen LogP contribution is 2.34. The maximum Gasteiger partial charge on any atom is 0.227 e. The Labute approximate surface area is 133 Å². The van der Waals surface area contributed by atoms with Gasteiger partial charge in [-0.3, -0.25) is 4.79 Å². The third kappa shape index (κ3) is 2.63. The number of benzene rings is 2. The van der Waals surface area contributed by atoms with Crippen LogP contribution in [0.1, 0.15) is 10.4 Å². The zero-order valence-electron chi connectivity index (χ0n) is 12.6. The molecule has 0 bridgehead atoms. The van der Waals surface area contributed by atoms with Crippen LogP contribution in [0.25, 0.3) is 10.8 Å². The topological polar surface area (TPSA) is 39.4 Å². The third-order valence-electron chi connectivity index (χ3n) is 3.91. The molecule has 2 aromatic carbocycles. The highest BCUT2D eigenvalue weighted by molar-refractivity contribution is 5.95. The fourth-order valence-electron chi connectivity index (χ4n) is 2.86. The molecule has 3 aromatic rings. The second-order valence-electron chi connectivity index (χ2n) is 5.50. The van der Waals surface area contributed by atoms with Crippen LogP contribution in [0.15, 0.2) is 60.9 Å². The molecule has 0 radical (unpaired) electrons. The van der Waals surface area contributed by atoms with Crippen molar-refractivity contribution >= 4 is 16.6 Å². The first-order valence-electron chi connectivity index (χ1n) is 7.61. The number of pyridine rings is 1. The summed E-state index contributed by atoms with van der Waals surface area (Å²) in [6.07, 6.45) is 3.84. The fraction of sp³-hybridized carbons (Fsp3) is 0.158. The van der Waals surface area contributed by atoms with Crippen LogP contribution >= 0.6 is 0 Å². The summed E-state index contributed by atoms with van der Waals surface area (Å²) in [5.74, 6) is 1.66. The smallest absolute Gasteiger partial charge is 0.227 e. The molecule has 0 atom stereocenters. The Morgan fingerprint density at radius 2 is 1.70 bits per heavy atom. The first-order valence-corrected chi connectivity index (χ1v) is 7.61. The monoisotopic (exact) mass is 306 g/mol. The van der Waals surface area contributed by atoms with Gasteiger partial charge < -0.3 is 9.47 Å². The Balaban J connectivity index is 1.74. The summed E-state index contributed by atoms with van der Waals surface area (Å²) >= 11 is 0. The first kappa shape index (κ1) is 13.8. The van der Waals surface area contributed by atoms with Gasteiger partial charge in [-0.05, 0) is 12.1 Å². The van der Waals surface area contributed by atoms with E-state index in [0.29, 0.717) is 18.8 Å². The van der Waals surface area contributed by atoms with Gasteiger partial charge in [0, 0.05) is 5.56 Å². The zero-order valence-corrected chi connectivity index (χ0v) is 12.6. The molecule has 0 spiro atoms. The van der Waals surface area contributed by atoms with Crippen molar-refractivity contribution in [3.8, 4) is 11.5 Å². The van der Waals surface area contributed by atoms with E-state index >= 15 is 0 Å². The molecule has 114 valence electrons. The van der Waals surface area contributed by atoms with Crippen LogP contribution in [0.3, 0.4) is 0 Å². The molecule has 0 saturated heterocycles. The molecule has 0 saturated carbocycles. The Morgan fingerprint density at radius 3 is 2.52 bits per heavy atom. The van der Waals surface area contributed by atoms with Gasteiger partial charge in [-0.25, -0.2) is 0 Å². The summed E-state index contributed by atoms with van der Waals surface area (Å²) in [5, 5.41) is 1.97. The maximum absolute atomic E-state index is 12.4. The van der Waals surface area contributed by atoms with E-state index in [1.807, 2.05) is 65.5 Å². The van der Waals surface area contributed by atoms with Crippen LogP contribution < -0.4 is 14.0 Å². The summed E-state index contributed by atoms with van der Waals surface area (Å²) < 4.78 is 13.4. The van der Waals surface area contributed by atoms with Gasteiger partial charge in [0.1, 0.15) is 19.0 Å². The van der Waals surface area contributed by atoms with Crippen LogP contribution in [-0.2, 0) is 6.54 Å². The summed E-state index contributed by atoms with van der Waals surface area (Å²) in [5.41, 5.74) is 0.712. The van der Waals surface area contributed by atoms with E-state index in [2.05, 4.69) is 0 Å². The molecule has 4 rings (SSSR count). The van der Waals surface area contributed by atoms with Gasteiger partial charge in [0.2, 0.25) is 18.5 Å². The zero-order chi connectivity index (χ0) is 15.6. The largest absolute Gasteiger partial charge is 0.489 e. The van der Waals surface area contributed by atoms with Gasteiger partial charge >= 0.3 is 0 Å². The number of carbonyl (C=O) groups is 1. The van der Waals surface area contributed by atoms with Gasteiger partial charge in [0.05, 0.1) is 10.8 Å². The summed E-state index contributed by atoms with van der Waals surface area (Å²) in [6.45, 7) is 1.30. The molecule has 2 heterocycles. The Hall–Kier alpha value is -2.88. The lowest BCUT2D eigenvalue weighted by Gasteiger charge is -2.06. The minimum absolute atomic E-state index is 0.0724. The second-order valence-corrected chi connectivity index (χ2v) is 5.50. The number of rotatable bonds is 3. The molecule has 0 aliphatic carbocycles. The number of carbonyl (C=O) groups excluding carboxylic acids is 1. The number of nitrogens with zero attached hydrogens (tertiary/aromatic N) is 1. The summed E-state index contributed by atoms with van der Waals surface area (Å²) in [7, 11) is 0. The van der Waals surface area contributed by atoms with Crippen molar-refractivity contribution in [1.82, 2.24) is 0 Å². The van der Waals surface area contributed by atoms with Crippen molar-refractivity contribution in [2.45, 2.75) is 6.54 Å². The number of hydrogen-bond acceptors (Lipinski definition) is 3. The lowest BCUT2D eigenvalue weighted by Crippen LogP contribution is -2.37. The number of ether oxygens (including phenoxy) is 2. The molecule has 23 heavy (non-hydrogen) atoms. The van der Waals surface area contributed by atoms with E-state index in [1.54, 1.807) is 0 Å². The number of hydrogen-bond donors (Lipinski definition) is 0. The van der Waals surface area contributed by atoms with Gasteiger partial charge in [-0.2, -0.15) is 4.57 Å². The van der Waals surface area contributed by atoms with Crippen molar-refractivity contribution in [3.05, 3.63) is 66.5 Å². The van der Waals surface area contributed by atoms with E-state index in [0.717, 1.165) is 22.3 Å². The minimum Gasteiger partial charge on any atom is -0.489 e. The van der Waals surface area contributed by atoms with Gasteiger partial charge in [0.15, 0.2) is 11.9 Å². The lowest BCUT2D eigenvalue weighted by atomic mass is 10.1. The van der Waals surface area contributed by atoms with E-state index in [4.69, 9.17) is 9.47 Å². The van der Waals surface area contributed by atoms with E-state index in [1.165, 1.54) is 0 Å². The van der Waals surface area contributed by atoms with E-state index in [9.17, 15) is 4.79 Å². The third-order valence-corrected chi connectivity index (χ3v) is 3.91. The van der Waals surface area contributed by atoms with E-state index in [-0.39, 0.29) is 12.3 Å². The number of Topliss-reactive ketones (excluding diaryl/α,β-unsaturated/α-hetero) is 1. The second kappa shape index (κ2) is 5.72. The van der Waals surface area contributed by atoms with Crippen molar-refractivity contribution in [2.75, 3.05) is 13.2 Å². The van der Waals surface area contributed by atoms with Crippen molar-refractivity contribution in [3.63, 3.8) is 0 Å². The molecule has 4 heteroatoms. The predicted octanol–water partition coefficient (Wildman–Crippen LogP) is 2.78. The number of ketones is 1. The van der Waals surface area contributed by atoms with E-state index < -0.39 is 0 Å². The summed E-state index contributed by atoms with van der Waals surface area (Å²) in [4.78, 5) is 12.4. The van der Waals surface area contributed by atoms with Crippen LogP contribution in [0.2, 0.25) is 0 Å². The average molecular weight is 306 g/mol. The molecule has 0 unspecified atom stereocenters. The number of aromatic nitrogens is 1. The maximum atomic E-state index is 12.4. The Kier molecular flexibility index (Phi) is 3.42. The van der Waals surface area contributed by atoms with Crippen molar-refractivity contribution in [1.29, 1.82) is 0 Å². The standard InChI is InChI=1S/C19H16NO3/c21-16(14-5-2-1-3-6-14)12-20-11-15-7-4-8-17-19(15)18(13-20)23-10-9-22-17/h1-8,11,13H,9-10,12H2/q+1. The molecule has 1 aliphatic rings. The molecular weight excluding hydrogens is 290 g/mol. The Bertz CT molecular complexity index is 874. The van der Waals surface area contributed by atoms with Crippen LogP contribution in [0.5, 0.6) is 11.5 Å². The summed E-state index contributed by atoms with van der Waals surface area (Å²) in [6, 6.07) is 15.2. The lowest BCUT2D eigenvalue weighted by molar-refractivity contribution is -0.682. The molecule has 0 N–H and O–H groups in total. The quantitative estimate of drug-likeness (QED) is 0.552. The van der Waals surface area contributed by atoms with Gasteiger partial charge in [0.25, 0.3) is 0 Å². The molecule has 1 aliphatic heterocycles. The Morgan fingerprint density at radius 1 is 0.913 bits per heavy atom. The van der Waals surface area contributed by atoms with Crippen molar-refractivity contribution < 1.29 is 18.8 Å². The molecule has 0 fully saturated rings. The SMILES string of the molecule is O=C(C[n+]1cc2c3c(cccc3c1)OCCO2)c1ccccc1.